The van der Waals surface area contributed by atoms with Crippen LogP contribution >= 0.6 is 0 Å². The van der Waals surface area contributed by atoms with Crippen LogP contribution in [-0.4, -0.2) is 42.2 Å². The number of carboxylic acids is 1. The number of carboxylic acid groups (broad SMARTS) is 1. The Labute approximate surface area is 131 Å². The highest BCUT2D eigenvalue weighted by Crippen LogP contribution is 2.23. The SMILES string of the molecule is O=C(O)c1cccc(N2CCN(c3cc(F)ccc3F)CC2)n1. The Bertz CT molecular complexity index is 731. The van der Waals surface area contributed by atoms with Gasteiger partial charge >= 0.3 is 5.97 Å². The molecule has 1 N–H and O–H groups in total. The molecule has 0 radical (unpaired) electrons. The van der Waals surface area contributed by atoms with Crippen LogP contribution in [0.5, 0.6) is 0 Å². The summed E-state index contributed by atoms with van der Waals surface area (Å²) in [4.78, 5) is 18.8. The van der Waals surface area contributed by atoms with Crippen molar-refractivity contribution in [1.82, 2.24) is 4.98 Å². The molecule has 2 heterocycles. The van der Waals surface area contributed by atoms with E-state index in [-0.39, 0.29) is 11.4 Å². The van der Waals surface area contributed by atoms with Gasteiger partial charge in [0.1, 0.15) is 17.5 Å². The molecule has 1 aromatic carbocycles. The highest BCUT2D eigenvalue weighted by Gasteiger charge is 2.21. The molecule has 1 aliphatic rings. The van der Waals surface area contributed by atoms with E-state index < -0.39 is 17.6 Å². The number of aromatic nitrogens is 1. The lowest BCUT2D eigenvalue weighted by Crippen LogP contribution is -2.47. The Morgan fingerprint density at radius 1 is 1.04 bits per heavy atom. The van der Waals surface area contributed by atoms with Crippen LogP contribution in [0.25, 0.3) is 0 Å². The Morgan fingerprint density at radius 2 is 1.74 bits per heavy atom. The lowest BCUT2D eigenvalue weighted by atomic mass is 10.2. The number of hydrogen-bond acceptors (Lipinski definition) is 4. The zero-order valence-electron chi connectivity index (χ0n) is 12.2. The predicted octanol–water partition coefficient (Wildman–Crippen LogP) is 2.38. The second-order valence-electron chi connectivity index (χ2n) is 5.26. The monoisotopic (exact) mass is 319 g/mol. The van der Waals surface area contributed by atoms with Gasteiger partial charge in [-0.05, 0) is 24.3 Å². The summed E-state index contributed by atoms with van der Waals surface area (Å²) in [6, 6.07) is 8.22. The maximum absolute atomic E-state index is 13.8. The first-order valence-electron chi connectivity index (χ1n) is 7.20. The van der Waals surface area contributed by atoms with Crippen molar-refractivity contribution in [3.05, 3.63) is 53.7 Å². The highest BCUT2D eigenvalue weighted by atomic mass is 19.1. The summed E-state index contributed by atoms with van der Waals surface area (Å²) in [5.74, 6) is -1.43. The van der Waals surface area contributed by atoms with Gasteiger partial charge in [0.2, 0.25) is 0 Å². The van der Waals surface area contributed by atoms with Gasteiger partial charge in [0.15, 0.2) is 5.69 Å². The van der Waals surface area contributed by atoms with E-state index in [9.17, 15) is 13.6 Å². The van der Waals surface area contributed by atoms with Crippen LogP contribution in [-0.2, 0) is 0 Å². The molecule has 0 aliphatic carbocycles. The number of benzene rings is 1. The number of piperazine rings is 1. The van der Waals surface area contributed by atoms with E-state index in [4.69, 9.17) is 5.11 Å². The quantitative estimate of drug-likeness (QED) is 0.941. The number of anilines is 2. The van der Waals surface area contributed by atoms with Crippen molar-refractivity contribution in [2.75, 3.05) is 36.0 Å². The number of aromatic carboxylic acids is 1. The summed E-state index contributed by atoms with van der Waals surface area (Å²) >= 11 is 0. The summed E-state index contributed by atoms with van der Waals surface area (Å²) < 4.78 is 27.1. The van der Waals surface area contributed by atoms with Gasteiger partial charge in [-0.15, -0.1) is 0 Å². The number of hydrogen-bond donors (Lipinski definition) is 1. The molecule has 0 atom stereocenters. The minimum atomic E-state index is -1.08. The topological polar surface area (TPSA) is 56.7 Å². The number of carbonyl (C=O) groups is 1. The summed E-state index contributed by atoms with van der Waals surface area (Å²) in [5, 5.41) is 8.99. The Hall–Kier alpha value is -2.70. The van der Waals surface area contributed by atoms with Crippen molar-refractivity contribution in [2.45, 2.75) is 0 Å². The van der Waals surface area contributed by atoms with Crippen molar-refractivity contribution < 1.29 is 18.7 Å². The van der Waals surface area contributed by atoms with Gasteiger partial charge in [-0.25, -0.2) is 18.6 Å². The average Bonchev–Trinajstić information content (AvgIpc) is 2.57. The maximum atomic E-state index is 13.8. The minimum absolute atomic E-state index is 0.0129. The third-order valence-corrected chi connectivity index (χ3v) is 3.81. The van der Waals surface area contributed by atoms with Crippen LogP contribution in [0.4, 0.5) is 20.3 Å². The Kier molecular flexibility index (Phi) is 4.10. The van der Waals surface area contributed by atoms with E-state index >= 15 is 0 Å². The molecule has 0 unspecified atom stereocenters. The van der Waals surface area contributed by atoms with Crippen LogP contribution in [0, 0.1) is 11.6 Å². The van der Waals surface area contributed by atoms with Gasteiger partial charge in [-0.1, -0.05) is 6.07 Å². The molecule has 0 spiro atoms. The molecule has 120 valence electrons. The molecule has 0 amide bonds. The van der Waals surface area contributed by atoms with Crippen molar-refractivity contribution in [1.29, 1.82) is 0 Å². The summed E-state index contributed by atoms with van der Waals surface area (Å²) in [6.45, 7) is 2.09. The first kappa shape index (κ1) is 15.2. The molecular weight excluding hydrogens is 304 g/mol. The average molecular weight is 319 g/mol. The number of nitrogens with zero attached hydrogens (tertiary/aromatic N) is 3. The molecule has 1 aliphatic heterocycles. The highest BCUT2D eigenvalue weighted by molar-refractivity contribution is 5.85. The van der Waals surface area contributed by atoms with Gasteiger partial charge in [0.05, 0.1) is 5.69 Å². The summed E-state index contributed by atoms with van der Waals surface area (Å²) in [5.41, 5.74) is 0.234. The Balaban J connectivity index is 1.72. The van der Waals surface area contributed by atoms with Crippen molar-refractivity contribution in [3.63, 3.8) is 0 Å². The lowest BCUT2D eigenvalue weighted by Gasteiger charge is -2.36. The molecule has 1 fully saturated rings. The first-order valence-corrected chi connectivity index (χ1v) is 7.20. The second kappa shape index (κ2) is 6.20. The molecule has 0 saturated carbocycles. The molecule has 1 aromatic heterocycles. The second-order valence-corrected chi connectivity index (χ2v) is 5.26. The third-order valence-electron chi connectivity index (χ3n) is 3.81. The van der Waals surface area contributed by atoms with Crippen LogP contribution in [0.3, 0.4) is 0 Å². The molecule has 23 heavy (non-hydrogen) atoms. The van der Waals surface area contributed by atoms with Gasteiger partial charge < -0.3 is 14.9 Å². The van der Waals surface area contributed by atoms with Gasteiger partial charge in [0, 0.05) is 32.2 Å². The van der Waals surface area contributed by atoms with Gasteiger partial charge in [-0.2, -0.15) is 0 Å². The van der Waals surface area contributed by atoms with E-state index in [2.05, 4.69) is 4.98 Å². The van der Waals surface area contributed by atoms with Crippen LogP contribution < -0.4 is 9.80 Å². The van der Waals surface area contributed by atoms with Crippen molar-refractivity contribution >= 4 is 17.5 Å². The smallest absolute Gasteiger partial charge is 0.354 e. The number of halogens is 2. The van der Waals surface area contributed by atoms with E-state index in [0.717, 1.165) is 12.1 Å². The fourth-order valence-electron chi connectivity index (χ4n) is 2.62. The third kappa shape index (κ3) is 3.23. The van der Waals surface area contributed by atoms with Gasteiger partial charge in [-0.3, -0.25) is 0 Å². The van der Waals surface area contributed by atoms with Crippen LogP contribution in [0.2, 0.25) is 0 Å². The minimum Gasteiger partial charge on any atom is -0.477 e. The number of rotatable bonds is 3. The fraction of sp³-hybridized carbons (Fsp3) is 0.250. The van der Waals surface area contributed by atoms with E-state index in [0.29, 0.717) is 32.0 Å². The molecular formula is C16H15F2N3O2. The molecule has 1 saturated heterocycles. The predicted molar refractivity (Wildman–Crippen MR) is 82.0 cm³/mol. The largest absolute Gasteiger partial charge is 0.477 e. The van der Waals surface area contributed by atoms with E-state index in [1.807, 2.05) is 4.90 Å². The maximum Gasteiger partial charge on any atom is 0.354 e. The standard InChI is InChI=1S/C16H15F2N3O2/c17-11-4-5-12(18)14(10-11)20-6-8-21(9-7-20)15-3-1-2-13(19-15)16(22)23/h1-5,10H,6-9H2,(H,22,23). The van der Waals surface area contributed by atoms with Crippen LogP contribution in [0.15, 0.2) is 36.4 Å². The molecule has 3 rings (SSSR count). The van der Waals surface area contributed by atoms with Crippen LogP contribution in [0.1, 0.15) is 10.5 Å². The molecule has 5 nitrogen and oxygen atoms in total. The lowest BCUT2D eigenvalue weighted by molar-refractivity contribution is 0.0690. The molecule has 7 heteroatoms. The van der Waals surface area contributed by atoms with Gasteiger partial charge in [0.25, 0.3) is 0 Å². The zero-order chi connectivity index (χ0) is 16.4. The molecule has 0 bridgehead atoms. The normalized spacial score (nSPS) is 14.9. The van der Waals surface area contributed by atoms with E-state index in [1.165, 1.54) is 12.1 Å². The summed E-state index contributed by atoms with van der Waals surface area (Å²) in [6.07, 6.45) is 0. The first-order chi connectivity index (χ1) is 11.0. The molecule has 2 aromatic rings. The van der Waals surface area contributed by atoms with E-state index in [1.54, 1.807) is 17.0 Å². The van der Waals surface area contributed by atoms with Crippen molar-refractivity contribution in [3.8, 4) is 0 Å². The Morgan fingerprint density at radius 3 is 2.43 bits per heavy atom. The zero-order valence-corrected chi connectivity index (χ0v) is 12.2. The fourth-order valence-corrected chi connectivity index (χ4v) is 2.62. The number of pyridine rings is 1. The van der Waals surface area contributed by atoms with Crippen molar-refractivity contribution in [2.24, 2.45) is 0 Å². The summed E-state index contributed by atoms with van der Waals surface area (Å²) in [7, 11) is 0.